The number of amides is 2. The van der Waals surface area contributed by atoms with Crippen molar-refractivity contribution in [1.29, 1.82) is 0 Å². The van der Waals surface area contributed by atoms with E-state index in [4.69, 9.17) is 18.9 Å². The quantitative estimate of drug-likeness (QED) is 0.0802. The van der Waals surface area contributed by atoms with Crippen molar-refractivity contribution in [3.8, 4) is 11.5 Å². The van der Waals surface area contributed by atoms with E-state index < -0.39 is 28.5 Å². The third-order valence-corrected chi connectivity index (χ3v) is 15.0. The van der Waals surface area contributed by atoms with Crippen LogP contribution in [-0.4, -0.2) is 123 Å². The van der Waals surface area contributed by atoms with Crippen molar-refractivity contribution < 1.29 is 58.2 Å². The van der Waals surface area contributed by atoms with Crippen molar-refractivity contribution in [2.45, 2.75) is 172 Å². The first kappa shape index (κ1) is 57.6. The Morgan fingerprint density at radius 1 is 0.579 bits per heavy atom. The van der Waals surface area contributed by atoms with Gasteiger partial charge in [0.1, 0.15) is 47.6 Å². The number of rotatable bonds is 18. The largest absolute Gasteiger partial charge is 0.491 e. The molecular formula is C62H80N2O12. The molecule has 0 spiro atoms. The number of benzene rings is 4. The number of carbonyl (C=O) groups excluding carboxylic acids is 5. The van der Waals surface area contributed by atoms with Gasteiger partial charge in [0.15, 0.2) is 0 Å². The Kier molecular flexibility index (Phi) is 19.2. The minimum Gasteiger partial charge on any atom is -0.491 e. The first-order valence-electron chi connectivity index (χ1n) is 27.4. The van der Waals surface area contributed by atoms with Crippen molar-refractivity contribution in [2.75, 3.05) is 39.4 Å². The Bertz CT molecular complexity index is 2630. The molecule has 0 radical (unpaired) electrons. The minimum atomic E-state index is -1.24. The lowest BCUT2D eigenvalue weighted by molar-refractivity contribution is -0.155. The molecule has 2 heterocycles. The molecule has 4 aromatic rings. The van der Waals surface area contributed by atoms with Crippen LogP contribution >= 0.6 is 0 Å². The predicted octanol–water partition coefficient (Wildman–Crippen LogP) is 9.48. The molecule has 410 valence electrons. The number of likely N-dealkylation sites (tertiary alicyclic amines) is 2. The van der Waals surface area contributed by atoms with Crippen LogP contribution in [-0.2, 0) is 36.7 Å². The van der Waals surface area contributed by atoms with Crippen LogP contribution in [0.2, 0.25) is 0 Å². The van der Waals surface area contributed by atoms with E-state index in [2.05, 4.69) is 24.3 Å². The van der Waals surface area contributed by atoms with Crippen LogP contribution in [0.3, 0.4) is 0 Å². The molecule has 0 bridgehead atoms. The van der Waals surface area contributed by atoms with Crippen LogP contribution in [0, 0.1) is 0 Å². The number of ether oxygens (including phenoxy) is 4. The van der Waals surface area contributed by atoms with Gasteiger partial charge in [-0.1, -0.05) is 60.7 Å². The van der Waals surface area contributed by atoms with E-state index >= 15 is 0 Å². The molecule has 14 heteroatoms. The number of aryl methyl sites for hydroxylation is 2. The molecule has 4 aromatic carbocycles. The van der Waals surface area contributed by atoms with Crippen LogP contribution in [0.1, 0.15) is 173 Å². The van der Waals surface area contributed by atoms with E-state index in [1.54, 1.807) is 48.5 Å². The normalized spacial score (nSPS) is 17.9. The summed E-state index contributed by atoms with van der Waals surface area (Å²) in [6.45, 7) is 13.7. The van der Waals surface area contributed by atoms with Crippen LogP contribution in [0.25, 0.3) is 0 Å². The number of hydrogen-bond donors (Lipinski definition) is 3. The fourth-order valence-corrected chi connectivity index (χ4v) is 10.2. The molecule has 14 nitrogen and oxygen atoms in total. The van der Waals surface area contributed by atoms with Gasteiger partial charge in [-0.2, -0.15) is 0 Å². The average Bonchev–Trinajstić information content (AvgIpc) is 3.38. The summed E-state index contributed by atoms with van der Waals surface area (Å²) in [6, 6.07) is 30.7. The molecule has 4 aliphatic rings. The van der Waals surface area contributed by atoms with E-state index in [-0.39, 0.29) is 42.7 Å². The highest BCUT2D eigenvalue weighted by atomic mass is 16.6. The monoisotopic (exact) mass is 1040 g/mol. The number of ketones is 1. The summed E-state index contributed by atoms with van der Waals surface area (Å²) in [5.41, 5.74) is 2.58. The lowest BCUT2D eigenvalue weighted by Crippen LogP contribution is -2.50. The Balaban J connectivity index is 0.000000221. The number of esters is 2. The molecule has 76 heavy (non-hydrogen) atoms. The zero-order chi connectivity index (χ0) is 54.7. The lowest BCUT2D eigenvalue weighted by atomic mass is 9.76. The highest BCUT2D eigenvalue weighted by Crippen LogP contribution is 2.36. The van der Waals surface area contributed by atoms with E-state index in [0.717, 1.165) is 49.7 Å². The predicted molar refractivity (Wildman–Crippen MR) is 289 cm³/mol. The van der Waals surface area contributed by atoms with Crippen molar-refractivity contribution in [3.63, 3.8) is 0 Å². The molecule has 2 saturated heterocycles. The van der Waals surface area contributed by atoms with Crippen LogP contribution < -0.4 is 9.47 Å². The van der Waals surface area contributed by atoms with Gasteiger partial charge in [0.2, 0.25) is 5.78 Å². The molecule has 0 aromatic heterocycles. The number of Topliss-reactive ketones (excluding diaryl/α,β-unsaturated/α-hetero) is 1. The maximum Gasteiger partial charge on any atom is 0.306 e. The summed E-state index contributed by atoms with van der Waals surface area (Å²) >= 11 is 0. The Morgan fingerprint density at radius 3 is 1.39 bits per heavy atom. The lowest BCUT2D eigenvalue weighted by Gasteiger charge is -2.40. The number of nitrogens with zero attached hydrogens (tertiary/aromatic N) is 2. The molecule has 2 aliphatic carbocycles. The third kappa shape index (κ3) is 16.5. The smallest absolute Gasteiger partial charge is 0.306 e. The zero-order valence-electron chi connectivity index (χ0n) is 45.5. The number of hydrogen-bond acceptors (Lipinski definition) is 12. The van der Waals surface area contributed by atoms with Crippen molar-refractivity contribution in [2.24, 2.45) is 0 Å². The number of carbonyl (C=O) groups is 5. The molecular weight excluding hydrogens is 965 g/mol. The maximum absolute atomic E-state index is 13.2. The van der Waals surface area contributed by atoms with Gasteiger partial charge < -0.3 is 44.1 Å². The first-order valence-corrected chi connectivity index (χ1v) is 27.4. The summed E-state index contributed by atoms with van der Waals surface area (Å²) in [7, 11) is 0. The Morgan fingerprint density at radius 2 is 1.00 bits per heavy atom. The highest BCUT2D eigenvalue weighted by molar-refractivity contribution is 5.95. The molecule has 1 atom stereocenters. The Labute approximate surface area is 449 Å². The second-order valence-electron chi connectivity index (χ2n) is 23.2. The number of aliphatic hydroxyl groups is 3. The molecule has 2 amide bonds. The highest BCUT2D eigenvalue weighted by Gasteiger charge is 2.43. The summed E-state index contributed by atoms with van der Waals surface area (Å²) in [5.74, 6) is 0.926. The molecule has 2 aliphatic heterocycles. The maximum atomic E-state index is 13.2. The Hall–Kier alpha value is -6.09. The van der Waals surface area contributed by atoms with Gasteiger partial charge in [0.25, 0.3) is 11.8 Å². The molecule has 4 fully saturated rings. The summed E-state index contributed by atoms with van der Waals surface area (Å²) in [6.07, 6.45) is 8.45. The van der Waals surface area contributed by atoms with Gasteiger partial charge in [0.05, 0.1) is 5.60 Å². The number of piperidine rings is 2. The van der Waals surface area contributed by atoms with E-state index in [0.29, 0.717) is 112 Å². The van der Waals surface area contributed by atoms with Gasteiger partial charge in [-0.15, -0.1) is 0 Å². The second kappa shape index (κ2) is 25.4. The van der Waals surface area contributed by atoms with Gasteiger partial charge in [-0.3, -0.25) is 24.0 Å². The standard InChI is InChI=1S/C31H41NO6.C31H39NO6/c2*1-30(2,3)38-28(34)12-11-22-7-4-8-24(19-22)23-13-17-32(18-14-23)29(35)25-9-5-10-26(20-25)37-21-27(33)31(36)15-6-16-31/h4-5,7-10,19-20,23,27,33,36H,6,11-18,21H2,1-3H3;4-5,7-10,19-20,23,36H,6,11-18,21H2,1-3H3. The van der Waals surface area contributed by atoms with E-state index in [1.165, 1.54) is 11.1 Å². The summed E-state index contributed by atoms with van der Waals surface area (Å²) in [5, 5.41) is 30.7. The van der Waals surface area contributed by atoms with Crippen molar-refractivity contribution in [1.82, 2.24) is 9.80 Å². The van der Waals surface area contributed by atoms with E-state index in [1.807, 2.05) is 75.6 Å². The molecule has 2 saturated carbocycles. The molecule has 1 unspecified atom stereocenters. The van der Waals surface area contributed by atoms with Gasteiger partial charge >= 0.3 is 11.9 Å². The summed E-state index contributed by atoms with van der Waals surface area (Å²) in [4.78, 5) is 66.5. The van der Waals surface area contributed by atoms with Crippen molar-refractivity contribution in [3.05, 3.63) is 130 Å². The SMILES string of the molecule is CC(C)(C)OC(=O)CCc1cccc(C2CCN(C(=O)c3cccc(OCC(=O)C4(O)CCC4)c3)CC2)c1.CC(C)(C)OC(=O)CCc1cccc(C2CCN(C(=O)c3cccc(OCC(O)C4(O)CCC4)c3)CC2)c1. The molecule has 8 rings (SSSR count). The van der Waals surface area contributed by atoms with Crippen LogP contribution in [0.15, 0.2) is 97.1 Å². The van der Waals surface area contributed by atoms with Crippen molar-refractivity contribution >= 4 is 29.5 Å². The number of aliphatic hydroxyl groups excluding tert-OH is 1. The van der Waals surface area contributed by atoms with E-state index in [9.17, 15) is 39.3 Å². The zero-order valence-corrected chi connectivity index (χ0v) is 45.5. The average molecular weight is 1050 g/mol. The van der Waals surface area contributed by atoms with Gasteiger partial charge in [-0.05, 0) is 189 Å². The van der Waals surface area contributed by atoms with Gasteiger partial charge in [-0.25, -0.2) is 0 Å². The minimum absolute atomic E-state index is 0.00360. The first-order chi connectivity index (χ1) is 36.0. The molecule has 3 N–H and O–H groups in total. The fraction of sp³-hybridized carbons (Fsp3) is 0.532. The fourth-order valence-electron chi connectivity index (χ4n) is 10.2. The van der Waals surface area contributed by atoms with Crippen LogP contribution in [0.4, 0.5) is 0 Å². The topological polar surface area (TPSA) is 189 Å². The van der Waals surface area contributed by atoms with Gasteiger partial charge in [0, 0.05) is 50.1 Å². The van der Waals surface area contributed by atoms with Crippen LogP contribution in [0.5, 0.6) is 11.5 Å². The summed E-state index contributed by atoms with van der Waals surface area (Å²) < 4.78 is 22.1. The third-order valence-electron chi connectivity index (χ3n) is 15.0. The second-order valence-corrected chi connectivity index (χ2v) is 23.2.